The van der Waals surface area contributed by atoms with Gasteiger partial charge in [-0.1, -0.05) is 0 Å². The number of rotatable bonds is 5. The number of hydrogen-bond donors (Lipinski definition) is 3. The summed E-state index contributed by atoms with van der Waals surface area (Å²) in [6.07, 6.45) is 4.10. The number of hydrogen-bond acceptors (Lipinski definition) is 7. The second-order valence-electron chi connectivity index (χ2n) is 8.45. The Morgan fingerprint density at radius 3 is 3.00 bits per heavy atom. The van der Waals surface area contributed by atoms with Gasteiger partial charge in [-0.05, 0) is 30.9 Å². The standard InChI is InChI=1S/C21H27N7O2/c1-12-11-30-6-5-27(12)19-8-15(20-14-7-17(20)28(10-14)13(2)29)16(9-22)21(25-19)24-18-3-4-23-26-18/h3-4,8-9,12,14,17,20,22H,5-7,10-11H2,1-2H3,(H2,23,24,25,26)/t12-,14?,17?,20?/m1/s1. The van der Waals surface area contributed by atoms with Crippen LogP contribution in [0, 0.1) is 11.3 Å². The molecule has 158 valence electrons. The zero-order valence-corrected chi connectivity index (χ0v) is 17.3. The van der Waals surface area contributed by atoms with Gasteiger partial charge in [0.05, 0.1) is 25.5 Å². The lowest BCUT2D eigenvalue weighted by molar-refractivity contribution is -0.129. The Hall–Kier alpha value is -2.94. The summed E-state index contributed by atoms with van der Waals surface area (Å²) in [6.45, 7) is 6.70. The lowest BCUT2D eigenvalue weighted by Gasteiger charge is -2.39. The van der Waals surface area contributed by atoms with Gasteiger partial charge in [0.2, 0.25) is 5.91 Å². The summed E-state index contributed by atoms with van der Waals surface area (Å²) in [4.78, 5) is 21.2. The maximum absolute atomic E-state index is 12.1. The normalized spacial score (nSPS) is 27.7. The van der Waals surface area contributed by atoms with E-state index >= 15 is 0 Å². The van der Waals surface area contributed by atoms with Crippen LogP contribution in [-0.2, 0) is 9.53 Å². The van der Waals surface area contributed by atoms with E-state index in [2.05, 4.69) is 33.4 Å². The highest BCUT2D eigenvalue weighted by Crippen LogP contribution is 2.53. The lowest BCUT2D eigenvalue weighted by atomic mass is 9.69. The van der Waals surface area contributed by atoms with Gasteiger partial charge in [-0.25, -0.2) is 4.98 Å². The van der Waals surface area contributed by atoms with Crippen LogP contribution in [0.15, 0.2) is 18.3 Å². The average molecular weight is 409 g/mol. The highest BCUT2D eigenvalue weighted by atomic mass is 16.5. The van der Waals surface area contributed by atoms with Crippen LogP contribution in [0.3, 0.4) is 0 Å². The maximum Gasteiger partial charge on any atom is 0.219 e. The fraction of sp³-hybridized carbons (Fsp3) is 0.524. The van der Waals surface area contributed by atoms with Crippen LogP contribution in [0.4, 0.5) is 17.5 Å². The molecule has 30 heavy (non-hydrogen) atoms. The Labute approximate surface area is 175 Å². The summed E-state index contributed by atoms with van der Waals surface area (Å²) < 4.78 is 5.61. The van der Waals surface area contributed by atoms with Crippen LogP contribution in [0.1, 0.15) is 37.3 Å². The van der Waals surface area contributed by atoms with Gasteiger partial charge >= 0.3 is 0 Å². The first-order valence-electron chi connectivity index (χ1n) is 10.5. The number of amides is 1. The van der Waals surface area contributed by atoms with Gasteiger partial charge in [-0.3, -0.25) is 9.89 Å². The van der Waals surface area contributed by atoms with E-state index < -0.39 is 0 Å². The predicted octanol–water partition coefficient (Wildman–Crippen LogP) is 2.11. The molecule has 9 heteroatoms. The number of nitrogens with zero attached hydrogens (tertiary/aromatic N) is 4. The maximum atomic E-state index is 12.1. The highest BCUT2D eigenvalue weighted by Gasteiger charge is 2.54. The van der Waals surface area contributed by atoms with E-state index in [-0.39, 0.29) is 23.9 Å². The minimum absolute atomic E-state index is 0.133. The Kier molecular flexibility index (Phi) is 4.69. The Bertz CT molecular complexity index is 961. The van der Waals surface area contributed by atoms with E-state index in [0.717, 1.165) is 42.3 Å². The van der Waals surface area contributed by atoms with Gasteiger partial charge in [0, 0.05) is 49.8 Å². The third-order valence-electron chi connectivity index (χ3n) is 6.70. The van der Waals surface area contributed by atoms with Crippen molar-refractivity contribution in [2.24, 2.45) is 5.92 Å². The number of H-pyrrole nitrogens is 1. The van der Waals surface area contributed by atoms with Crippen LogP contribution in [0.25, 0.3) is 0 Å². The molecule has 3 aliphatic heterocycles. The average Bonchev–Trinajstić information content (AvgIpc) is 3.45. The number of pyridine rings is 1. The molecule has 2 bridgehead atoms. The van der Waals surface area contributed by atoms with E-state index in [1.807, 2.05) is 11.0 Å². The topological polar surface area (TPSA) is 110 Å². The largest absolute Gasteiger partial charge is 0.377 e. The van der Waals surface area contributed by atoms with Gasteiger partial charge in [0.1, 0.15) is 17.5 Å². The van der Waals surface area contributed by atoms with Crippen LogP contribution in [0.5, 0.6) is 0 Å². The molecule has 4 fully saturated rings. The third kappa shape index (κ3) is 3.04. The monoisotopic (exact) mass is 409 g/mol. The van der Waals surface area contributed by atoms with Gasteiger partial charge in [0.15, 0.2) is 0 Å². The molecule has 1 saturated carbocycles. The molecule has 6 rings (SSSR count). The molecule has 0 spiro atoms. The van der Waals surface area contributed by atoms with Crippen molar-refractivity contribution in [3.05, 3.63) is 29.5 Å². The van der Waals surface area contributed by atoms with Crippen LogP contribution < -0.4 is 10.2 Å². The Balaban J connectivity index is 1.58. The van der Waals surface area contributed by atoms with Crippen molar-refractivity contribution < 1.29 is 9.53 Å². The molecule has 2 aromatic rings. The molecule has 3 unspecified atom stereocenters. The molecular weight excluding hydrogens is 382 g/mol. The Morgan fingerprint density at radius 1 is 1.47 bits per heavy atom. The van der Waals surface area contributed by atoms with E-state index in [1.54, 1.807) is 13.1 Å². The van der Waals surface area contributed by atoms with Gasteiger partial charge in [-0.2, -0.15) is 5.10 Å². The van der Waals surface area contributed by atoms with Gasteiger partial charge in [-0.15, -0.1) is 0 Å². The Morgan fingerprint density at radius 2 is 2.33 bits per heavy atom. The van der Waals surface area contributed by atoms with Crippen molar-refractivity contribution in [2.75, 3.05) is 36.5 Å². The minimum Gasteiger partial charge on any atom is -0.377 e. The number of fused-ring (bicyclic) bond motifs is 1. The smallest absolute Gasteiger partial charge is 0.219 e. The fourth-order valence-corrected chi connectivity index (χ4v) is 5.19. The predicted molar refractivity (Wildman–Crippen MR) is 114 cm³/mol. The highest BCUT2D eigenvalue weighted by molar-refractivity contribution is 5.89. The first-order chi connectivity index (χ1) is 14.6. The molecule has 1 amide bonds. The summed E-state index contributed by atoms with van der Waals surface area (Å²) in [5, 5.41) is 18.4. The second kappa shape index (κ2) is 7.39. The van der Waals surface area contributed by atoms with Gasteiger partial charge in [0.25, 0.3) is 0 Å². The molecule has 0 aromatic carbocycles. The van der Waals surface area contributed by atoms with E-state index in [0.29, 0.717) is 24.9 Å². The zero-order valence-electron chi connectivity index (χ0n) is 17.3. The van der Waals surface area contributed by atoms with Crippen molar-refractivity contribution in [3.63, 3.8) is 0 Å². The molecular formula is C21H27N7O2. The van der Waals surface area contributed by atoms with Crippen molar-refractivity contribution in [3.8, 4) is 0 Å². The number of morpholine rings is 1. The van der Waals surface area contributed by atoms with Crippen LogP contribution in [-0.4, -0.2) is 70.6 Å². The fourth-order valence-electron chi connectivity index (χ4n) is 5.19. The third-order valence-corrected chi connectivity index (χ3v) is 6.70. The number of aromatic nitrogens is 3. The van der Waals surface area contributed by atoms with Gasteiger partial charge < -0.3 is 25.3 Å². The summed E-state index contributed by atoms with van der Waals surface area (Å²) in [6, 6.07) is 4.40. The molecule has 0 radical (unpaired) electrons. The molecule has 2 aromatic heterocycles. The van der Waals surface area contributed by atoms with Crippen LogP contribution in [0.2, 0.25) is 0 Å². The quantitative estimate of drug-likeness (QED) is 0.653. The summed E-state index contributed by atoms with van der Waals surface area (Å²) in [5.41, 5.74) is 1.88. The van der Waals surface area contributed by atoms with Crippen molar-refractivity contribution in [2.45, 2.75) is 38.3 Å². The number of carbonyl (C=O) groups excluding carboxylic acids is 1. The molecule has 3 saturated heterocycles. The first kappa shape index (κ1) is 19.0. The molecule has 4 atom stereocenters. The summed E-state index contributed by atoms with van der Waals surface area (Å²) >= 11 is 0. The number of aromatic amines is 1. The number of anilines is 3. The minimum atomic E-state index is 0.133. The SMILES string of the molecule is CC(=O)N1CC2CC1C2c1cc(N2CCOC[C@H]2C)nc(Nc2ccn[nH]2)c1C=N. The van der Waals surface area contributed by atoms with E-state index in [9.17, 15) is 4.79 Å². The molecule has 3 N–H and O–H groups in total. The first-order valence-corrected chi connectivity index (χ1v) is 10.5. The molecule has 5 heterocycles. The van der Waals surface area contributed by atoms with E-state index in [4.69, 9.17) is 15.1 Å². The molecule has 4 aliphatic rings. The summed E-state index contributed by atoms with van der Waals surface area (Å²) in [5.74, 6) is 3.06. The van der Waals surface area contributed by atoms with Crippen molar-refractivity contribution in [1.29, 1.82) is 5.41 Å². The van der Waals surface area contributed by atoms with Crippen molar-refractivity contribution in [1.82, 2.24) is 20.1 Å². The zero-order chi connectivity index (χ0) is 20.8. The number of carbonyl (C=O) groups is 1. The number of ether oxygens (including phenoxy) is 1. The molecule has 9 nitrogen and oxygen atoms in total. The number of nitrogens with one attached hydrogen (secondary N) is 3. The molecule has 1 aliphatic carbocycles. The second-order valence-corrected chi connectivity index (χ2v) is 8.45. The van der Waals surface area contributed by atoms with Crippen molar-refractivity contribution >= 4 is 29.6 Å². The lowest BCUT2D eigenvalue weighted by Crippen LogP contribution is -2.44. The van der Waals surface area contributed by atoms with E-state index in [1.165, 1.54) is 6.21 Å². The summed E-state index contributed by atoms with van der Waals surface area (Å²) in [7, 11) is 0. The van der Waals surface area contributed by atoms with Crippen LogP contribution >= 0.6 is 0 Å².